The summed E-state index contributed by atoms with van der Waals surface area (Å²) >= 11 is 0. The van der Waals surface area contributed by atoms with Gasteiger partial charge in [0.15, 0.2) is 0 Å². The second kappa shape index (κ2) is 9.75. The number of sulfone groups is 1. The molecule has 162 valence electrons. The number of ether oxygens (including phenoxy) is 1. The number of benzene rings is 2. The van der Waals surface area contributed by atoms with Gasteiger partial charge >= 0.3 is 5.97 Å². The van der Waals surface area contributed by atoms with Crippen molar-refractivity contribution in [1.29, 1.82) is 0 Å². The molecule has 1 aliphatic carbocycles. The summed E-state index contributed by atoms with van der Waals surface area (Å²) in [5.74, 6) is -0.233. The first-order chi connectivity index (χ1) is 14.3. The smallest absolute Gasteiger partial charge is 0.339 e. The first-order valence-electron chi connectivity index (χ1n) is 10.7. The van der Waals surface area contributed by atoms with Crippen LogP contribution in [0.3, 0.4) is 0 Å². The summed E-state index contributed by atoms with van der Waals surface area (Å²) in [5, 5.41) is 0. The minimum absolute atomic E-state index is 0.000419. The molecule has 0 heterocycles. The number of nitrogens with two attached hydrogens (primary N) is 1. The van der Waals surface area contributed by atoms with E-state index in [0.717, 1.165) is 36.8 Å². The van der Waals surface area contributed by atoms with Crippen molar-refractivity contribution in [2.45, 2.75) is 74.1 Å². The van der Waals surface area contributed by atoms with E-state index in [-0.39, 0.29) is 28.0 Å². The highest BCUT2D eigenvalue weighted by Crippen LogP contribution is 2.35. The molecule has 6 heteroatoms. The number of rotatable bonds is 7. The van der Waals surface area contributed by atoms with Crippen molar-refractivity contribution >= 4 is 15.8 Å². The van der Waals surface area contributed by atoms with Crippen LogP contribution < -0.4 is 5.73 Å². The van der Waals surface area contributed by atoms with Crippen molar-refractivity contribution in [3.63, 3.8) is 0 Å². The lowest BCUT2D eigenvalue weighted by atomic mass is 9.83. The molecule has 0 radical (unpaired) electrons. The lowest BCUT2D eigenvalue weighted by molar-refractivity contribution is 0.0521. The maximum absolute atomic E-state index is 13.4. The van der Waals surface area contributed by atoms with E-state index in [1.54, 1.807) is 43.3 Å². The Hall–Kier alpha value is -2.18. The molecule has 5 nitrogen and oxygen atoms in total. The minimum atomic E-state index is -3.86. The van der Waals surface area contributed by atoms with Gasteiger partial charge in [-0.05, 0) is 74.4 Å². The third-order valence-electron chi connectivity index (χ3n) is 5.66. The van der Waals surface area contributed by atoms with E-state index in [0.29, 0.717) is 12.3 Å². The third kappa shape index (κ3) is 5.10. The first kappa shape index (κ1) is 22.5. The summed E-state index contributed by atoms with van der Waals surface area (Å²) in [7, 11) is -3.86. The Morgan fingerprint density at radius 2 is 1.77 bits per heavy atom. The molecule has 1 atom stereocenters. The van der Waals surface area contributed by atoms with Crippen molar-refractivity contribution in [3.8, 4) is 0 Å². The molecule has 3 rings (SSSR count). The van der Waals surface area contributed by atoms with Gasteiger partial charge in [-0.15, -0.1) is 0 Å². The fourth-order valence-corrected chi connectivity index (χ4v) is 5.57. The molecule has 1 aliphatic rings. The van der Waals surface area contributed by atoms with Crippen LogP contribution in [0.2, 0.25) is 0 Å². The van der Waals surface area contributed by atoms with Gasteiger partial charge in [-0.25, -0.2) is 13.2 Å². The standard InChI is InChI=1S/C24H31NO4S/c1-3-29-24(26)22-16-20(19-7-5-4-6-8-19)11-14-23(22)30(27,28)21-12-9-18(10-13-21)15-17(2)25/h9-14,16-17,19H,3-8,15,25H2,1-2H3. The molecule has 0 saturated heterocycles. The summed E-state index contributed by atoms with van der Waals surface area (Å²) in [5.41, 5.74) is 7.94. The maximum atomic E-state index is 13.4. The Labute approximate surface area is 179 Å². The van der Waals surface area contributed by atoms with Crippen molar-refractivity contribution in [3.05, 3.63) is 59.2 Å². The second-order valence-electron chi connectivity index (χ2n) is 8.14. The van der Waals surface area contributed by atoms with E-state index in [1.165, 1.54) is 6.42 Å². The zero-order valence-electron chi connectivity index (χ0n) is 17.8. The molecule has 1 unspecified atom stereocenters. The van der Waals surface area contributed by atoms with Gasteiger partial charge in [0.1, 0.15) is 0 Å². The van der Waals surface area contributed by atoms with Crippen LogP contribution in [0.25, 0.3) is 0 Å². The Balaban J connectivity index is 2.00. The number of carbonyl (C=O) groups is 1. The lowest BCUT2D eigenvalue weighted by Crippen LogP contribution is -2.17. The van der Waals surface area contributed by atoms with Gasteiger partial charge in [0.2, 0.25) is 9.84 Å². The summed E-state index contributed by atoms with van der Waals surface area (Å²) in [6, 6.07) is 11.9. The zero-order valence-corrected chi connectivity index (χ0v) is 18.6. The second-order valence-corrected chi connectivity index (χ2v) is 10.1. The molecule has 1 saturated carbocycles. The van der Waals surface area contributed by atoms with Crippen LogP contribution in [0.15, 0.2) is 52.3 Å². The van der Waals surface area contributed by atoms with Gasteiger partial charge in [-0.3, -0.25) is 0 Å². The Morgan fingerprint density at radius 1 is 1.10 bits per heavy atom. The van der Waals surface area contributed by atoms with Crippen molar-refractivity contribution < 1.29 is 17.9 Å². The van der Waals surface area contributed by atoms with Crippen LogP contribution in [-0.2, 0) is 21.0 Å². The van der Waals surface area contributed by atoms with Crippen LogP contribution in [0.1, 0.15) is 73.4 Å². The number of hydrogen-bond donors (Lipinski definition) is 1. The molecule has 2 aromatic carbocycles. The fraction of sp³-hybridized carbons (Fsp3) is 0.458. The molecule has 0 bridgehead atoms. The van der Waals surface area contributed by atoms with E-state index >= 15 is 0 Å². The van der Waals surface area contributed by atoms with E-state index in [4.69, 9.17) is 10.5 Å². The molecular weight excluding hydrogens is 398 g/mol. The van der Waals surface area contributed by atoms with Gasteiger partial charge in [0.05, 0.1) is 22.0 Å². The van der Waals surface area contributed by atoms with E-state index in [2.05, 4.69) is 0 Å². The predicted octanol–water partition coefficient (Wildman–Crippen LogP) is 4.63. The van der Waals surface area contributed by atoms with Crippen LogP contribution in [0.5, 0.6) is 0 Å². The van der Waals surface area contributed by atoms with E-state index in [1.807, 2.05) is 13.0 Å². The van der Waals surface area contributed by atoms with Gasteiger partial charge < -0.3 is 10.5 Å². The molecule has 0 aliphatic heterocycles. The number of carbonyl (C=O) groups excluding carboxylic acids is 1. The SMILES string of the molecule is CCOC(=O)c1cc(C2CCCCC2)ccc1S(=O)(=O)c1ccc(CC(C)N)cc1. The van der Waals surface area contributed by atoms with Gasteiger partial charge in [0.25, 0.3) is 0 Å². The fourth-order valence-electron chi connectivity index (χ4n) is 4.14. The number of hydrogen-bond acceptors (Lipinski definition) is 5. The molecule has 0 amide bonds. The van der Waals surface area contributed by atoms with Crippen molar-refractivity contribution in [2.24, 2.45) is 5.73 Å². The zero-order chi connectivity index (χ0) is 21.7. The number of esters is 1. The van der Waals surface area contributed by atoms with Crippen LogP contribution in [0.4, 0.5) is 0 Å². The van der Waals surface area contributed by atoms with Crippen molar-refractivity contribution in [2.75, 3.05) is 6.61 Å². The van der Waals surface area contributed by atoms with Gasteiger partial charge in [-0.1, -0.05) is 37.5 Å². The Bertz CT molecular complexity index is 975. The summed E-state index contributed by atoms with van der Waals surface area (Å²) < 4.78 is 31.9. The Morgan fingerprint density at radius 3 is 2.37 bits per heavy atom. The molecule has 2 N–H and O–H groups in total. The molecular formula is C24H31NO4S. The summed E-state index contributed by atoms with van der Waals surface area (Å²) in [4.78, 5) is 12.8. The average Bonchev–Trinajstić information content (AvgIpc) is 2.74. The normalized spacial score (nSPS) is 16.2. The van der Waals surface area contributed by atoms with Crippen LogP contribution in [0, 0.1) is 0 Å². The van der Waals surface area contributed by atoms with Gasteiger partial charge in [0, 0.05) is 6.04 Å². The monoisotopic (exact) mass is 429 g/mol. The molecule has 1 fully saturated rings. The third-order valence-corrected chi connectivity index (χ3v) is 7.48. The Kier molecular flexibility index (Phi) is 7.32. The van der Waals surface area contributed by atoms with Crippen LogP contribution >= 0.6 is 0 Å². The lowest BCUT2D eigenvalue weighted by Gasteiger charge is -2.23. The highest BCUT2D eigenvalue weighted by atomic mass is 32.2. The minimum Gasteiger partial charge on any atom is -0.462 e. The first-order valence-corrected chi connectivity index (χ1v) is 12.2. The predicted molar refractivity (Wildman–Crippen MR) is 117 cm³/mol. The molecule has 0 aromatic heterocycles. The van der Waals surface area contributed by atoms with Crippen molar-refractivity contribution in [1.82, 2.24) is 0 Å². The topological polar surface area (TPSA) is 86.5 Å². The largest absolute Gasteiger partial charge is 0.462 e. The van der Waals surface area contributed by atoms with Gasteiger partial charge in [-0.2, -0.15) is 0 Å². The average molecular weight is 430 g/mol. The van der Waals surface area contributed by atoms with Crippen LogP contribution in [-0.4, -0.2) is 27.0 Å². The molecule has 0 spiro atoms. The van der Waals surface area contributed by atoms with E-state index < -0.39 is 15.8 Å². The highest BCUT2D eigenvalue weighted by molar-refractivity contribution is 7.91. The highest BCUT2D eigenvalue weighted by Gasteiger charge is 2.27. The van der Waals surface area contributed by atoms with E-state index in [9.17, 15) is 13.2 Å². The molecule has 30 heavy (non-hydrogen) atoms. The molecule has 2 aromatic rings. The maximum Gasteiger partial charge on any atom is 0.339 e. The summed E-state index contributed by atoms with van der Waals surface area (Å²) in [6.45, 7) is 3.82. The summed E-state index contributed by atoms with van der Waals surface area (Å²) in [6.07, 6.45) is 6.35. The quantitative estimate of drug-likeness (QED) is 0.648.